The van der Waals surface area contributed by atoms with Crippen molar-refractivity contribution in [2.24, 2.45) is 11.7 Å². The van der Waals surface area contributed by atoms with E-state index in [4.69, 9.17) is 60.1 Å². The van der Waals surface area contributed by atoms with Crippen LogP contribution in [0.15, 0.2) is 61.8 Å². The number of aromatic nitrogens is 3. The predicted molar refractivity (Wildman–Crippen MR) is 191 cm³/mol. The summed E-state index contributed by atoms with van der Waals surface area (Å²) in [4.78, 5) is 26.4. The molecule has 248 valence electrons. The van der Waals surface area contributed by atoms with Gasteiger partial charge in [0.25, 0.3) is 5.89 Å². The van der Waals surface area contributed by atoms with E-state index in [1.165, 1.54) is 0 Å². The molecule has 4 atom stereocenters. The average molecular weight is 779 g/mol. The monoisotopic (exact) mass is 777 g/mol. The van der Waals surface area contributed by atoms with Gasteiger partial charge in [0.15, 0.2) is 27.8 Å². The molecule has 1 spiro atoms. The molecule has 1 amide bonds. The Morgan fingerprint density at radius 1 is 1.10 bits per heavy atom. The largest absolute Gasteiger partial charge is 0.506 e. The normalized spacial score (nSPS) is 22.2. The number of amides is 1. The number of nitrogens with two attached hydrogens (primary N) is 1. The zero-order valence-corrected chi connectivity index (χ0v) is 29.8. The number of phenols is 1. The second kappa shape index (κ2) is 10.8. The number of fused-ring (bicyclic) bond motifs is 8. The van der Waals surface area contributed by atoms with Crippen molar-refractivity contribution >= 4 is 68.6 Å². The number of aromatic amines is 1. The minimum atomic E-state index is -1.45. The van der Waals surface area contributed by atoms with Gasteiger partial charge in [-0.2, -0.15) is 4.98 Å². The minimum absolute atomic E-state index is 0.0353. The number of carbonyl (C=O) groups excluding carboxylic acids is 1. The number of rotatable bonds is 1. The molecule has 3 aliphatic rings. The van der Waals surface area contributed by atoms with E-state index in [0.29, 0.717) is 37.6 Å². The SMILES string of the molecule is CC(C)[C@@H]1NC(=O)[C@@H](N)Cc2cc(Br)c(O)c(c2)[C@]23c4cccc(c4OC2S)-c2cccc4[nH]c(Cl)c(c24)-c2oc(nc2Cl)-c2nc1oc23. The van der Waals surface area contributed by atoms with E-state index in [1.807, 2.05) is 50.2 Å². The maximum Gasteiger partial charge on any atom is 0.250 e. The van der Waals surface area contributed by atoms with E-state index >= 15 is 0 Å². The second-order valence-corrected chi connectivity index (χ2v) is 14.9. The number of benzene rings is 3. The van der Waals surface area contributed by atoms with Crippen molar-refractivity contribution in [3.63, 3.8) is 0 Å². The number of nitrogens with one attached hydrogen (secondary N) is 2. The maximum absolute atomic E-state index is 13.5. The summed E-state index contributed by atoms with van der Waals surface area (Å²) in [6, 6.07) is 13.5. The number of oxazole rings is 2. The van der Waals surface area contributed by atoms with Crippen LogP contribution in [0.25, 0.3) is 44.9 Å². The number of ether oxygens (including phenoxy) is 1. The lowest BCUT2D eigenvalue weighted by atomic mass is 9.71. The Labute approximate surface area is 302 Å². The Balaban J connectivity index is 1.51. The predicted octanol–water partition coefficient (Wildman–Crippen LogP) is 7.91. The Morgan fingerprint density at radius 2 is 1.88 bits per heavy atom. The summed E-state index contributed by atoms with van der Waals surface area (Å²) in [5.74, 6) is 0.555. The Kier molecular flexibility index (Phi) is 6.83. The number of para-hydroxylation sites is 1. The topological polar surface area (TPSA) is 152 Å². The lowest BCUT2D eigenvalue weighted by molar-refractivity contribution is -0.123. The van der Waals surface area contributed by atoms with Gasteiger partial charge in [-0.1, -0.05) is 73.4 Å². The smallest absolute Gasteiger partial charge is 0.250 e. The van der Waals surface area contributed by atoms with Crippen molar-refractivity contribution < 1.29 is 23.5 Å². The molecule has 6 aromatic rings. The van der Waals surface area contributed by atoms with E-state index < -0.39 is 22.9 Å². The standard InChI is InChI=1S/C35H26BrCl2N5O5S/c1-12(2)23-32-42-24-28(48-32)35(17-9-13(10-18(36)25(17)44)11-19(39)31(45)41-23)16-7-3-6-15(26(16)47-34(35)49)14-5-4-8-20-21(14)22(29(37)40-20)27-30(38)43-33(24)46-27/h3-10,12,19,23,34,40,44,49H,11,39H2,1-2H3,(H,41,45)/t19-,23-,34?,35-/m0/s1. The maximum atomic E-state index is 13.5. The fourth-order valence-corrected chi connectivity index (χ4v) is 8.94. The molecule has 3 aromatic carbocycles. The molecule has 14 heteroatoms. The number of H-pyrrole nitrogens is 1. The van der Waals surface area contributed by atoms with E-state index in [2.05, 4.69) is 31.2 Å². The van der Waals surface area contributed by atoms with Gasteiger partial charge in [0.05, 0.1) is 16.1 Å². The number of phenolic OH excluding ortho intramolecular Hbond substituents is 1. The first-order valence-corrected chi connectivity index (χ1v) is 17.6. The molecule has 0 fully saturated rings. The third kappa shape index (κ3) is 4.21. The van der Waals surface area contributed by atoms with Gasteiger partial charge in [-0.3, -0.25) is 4.79 Å². The second-order valence-electron chi connectivity index (χ2n) is 12.9. The average Bonchev–Trinajstić information content (AvgIpc) is 3.81. The first-order valence-electron chi connectivity index (χ1n) is 15.5. The summed E-state index contributed by atoms with van der Waals surface area (Å²) in [7, 11) is 0. The molecule has 0 saturated carbocycles. The van der Waals surface area contributed by atoms with Gasteiger partial charge in [-0.15, -0.1) is 12.6 Å². The van der Waals surface area contributed by atoms with Gasteiger partial charge in [-0.25, -0.2) is 4.98 Å². The zero-order valence-electron chi connectivity index (χ0n) is 25.8. The summed E-state index contributed by atoms with van der Waals surface area (Å²) in [6.07, 6.45) is 0.181. The highest BCUT2D eigenvalue weighted by Gasteiger charge is 2.58. The minimum Gasteiger partial charge on any atom is -0.506 e. The molecule has 10 nitrogen and oxygen atoms in total. The quantitative estimate of drug-likeness (QED) is 0.106. The Bertz CT molecular complexity index is 2410. The first kappa shape index (κ1) is 31.1. The first-order chi connectivity index (χ1) is 23.5. The number of nitrogens with zero attached hydrogens (tertiary/aromatic N) is 2. The highest BCUT2D eigenvalue weighted by molar-refractivity contribution is 9.10. The molecule has 1 unspecified atom stereocenters. The van der Waals surface area contributed by atoms with Gasteiger partial charge in [-0.05, 0) is 51.5 Å². The van der Waals surface area contributed by atoms with Crippen molar-refractivity contribution in [2.75, 3.05) is 0 Å². The van der Waals surface area contributed by atoms with Crippen LogP contribution in [0.5, 0.6) is 11.5 Å². The van der Waals surface area contributed by atoms with Gasteiger partial charge >= 0.3 is 0 Å². The molecule has 3 aliphatic heterocycles. The van der Waals surface area contributed by atoms with Crippen molar-refractivity contribution in [2.45, 2.75) is 43.2 Å². The molecule has 9 rings (SSSR count). The van der Waals surface area contributed by atoms with E-state index in [-0.39, 0.29) is 58.1 Å². The third-order valence-corrected chi connectivity index (χ3v) is 11.3. The fourth-order valence-electron chi connectivity index (χ4n) is 7.44. The lowest BCUT2D eigenvalue weighted by Gasteiger charge is -2.33. The van der Waals surface area contributed by atoms with Crippen LogP contribution < -0.4 is 15.8 Å². The lowest BCUT2D eigenvalue weighted by Crippen LogP contribution is -2.45. The molecule has 6 heterocycles. The number of thiol groups is 1. The van der Waals surface area contributed by atoms with Gasteiger partial charge in [0, 0.05) is 27.6 Å². The summed E-state index contributed by atoms with van der Waals surface area (Å²) in [5.41, 5.74) is 8.78. The molecule has 5 N–H and O–H groups in total. The summed E-state index contributed by atoms with van der Waals surface area (Å²) < 4.78 is 20.5. The van der Waals surface area contributed by atoms with Crippen LogP contribution in [-0.2, 0) is 16.6 Å². The number of hydrogen-bond acceptors (Lipinski definition) is 9. The Hall–Kier alpha value is -3.94. The van der Waals surface area contributed by atoms with Crippen molar-refractivity contribution in [1.82, 2.24) is 20.3 Å². The third-order valence-electron chi connectivity index (χ3n) is 9.70. The number of carbonyl (C=O) groups is 1. The van der Waals surface area contributed by atoms with Gasteiger partial charge < -0.3 is 34.7 Å². The number of halogens is 3. The van der Waals surface area contributed by atoms with Gasteiger partial charge in [0.1, 0.15) is 28.1 Å². The Morgan fingerprint density at radius 3 is 2.67 bits per heavy atom. The van der Waals surface area contributed by atoms with Crippen molar-refractivity contribution in [3.8, 4) is 45.5 Å². The number of hydrogen-bond donors (Lipinski definition) is 5. The van der Waals surface area contributed by atoms with Crippen LogP contribution in [0.2, 0.25) is 10.3 Å². The molecule has 0 aliphatic carbocycles. The van der Waals surface area contributed by atoms with Crippen LogP contribution in [0.4, 0.5) is 0 Å². The molecular formula is C35H26BrCl2N5O5S. The molecule has 3 aromatic heterocycles. The van der Waals surface area contributed by atoms with Crippen molar-refractivity contribution in [1.29, 1.82) is 0 Å². The highest BCUT2D eigenvalue weighted by atomic mass is 79.9. The van der Waals surface area contributed by atoms with Crippen LogP contribution in [0, 0.1) is 5.92 Å². The fraction of sp³-hybridized carbons (Fsp3) is 0.229. The summed E-state index contributed by atoms with van der Waals surface area (Å²) in [5, 5.41) is 16.1. The van der Waals surface area contributed by atoms with Crippen LogP contribution in [0.3, 0.4) is 0 Å². The molecular weight excluding hydrogens is 753 g/mol. The molecule has 0 saturated heterocycles. The van der Waals surface area contributed by atoms with E-state index in [9.17, 15) is 9.90 Å². The summed E-state index contributed by atoms with van der Waals surface area (Å²) in [6.45, 7) is 3.88. The van der Waals surface area contributed by atoms with Gasteiger partial charge in [0.2, 0.25) is 11.8 Å². The summed E-state index contributed by atoms with van der Waals surface area (Å²) >= 11 is 22.5. The molecule has 10 bridgehead atoms. The molecule has 0 radical (unpaired) electrons. The van der Waals surface area contributed by atoms with Crippen LogP contribution in [-0.4, -0.2) is 37.4 Å². The highest BCUT2D eigenvalue weighted by Crippen LogP contribution is 2.61. The number of aromatic hydroxyl groups is 1. The van der Waals surface area contributed by atoms with Crippen LogP contribution in [0.1, 0.15) is 48.2 Å². The zero-order chi connectivity index (χ0) is 34.1. The van der Waals surface area contributed by atoms with E-state index in [1.54, 1.807) is 12.1 Å². The van der Waals surface area contributed by atoms with Crippen molar-refractivity contribution in [3.05, 3.63) is 91.7 Å². The molecule has 49 heavy (non-hydrogen) atoms. The van der Waals surface area contributed by atoms with E-state index in [0.717, 1.165) is 22.0 Å². The van der Waals surface area contributed by atoms with Crippen LogP contribution >= 0.6 is 51.8 Å².